The Bertz CT molecular complexity index is 378. The van der Waals surface area contributed by atoms with E-state index in [2.05, 4.69) is 18.0 Å². The maximum absolute atomic E-state index is 11.8. The molecule has 0 radical (unpaired) electrons. The maximum Gasteiger partial charge on any atom is 0.311 e. The number of esters is 1. The van der Waals surface area contributed by atoms with Crippen LogP contribution in [0.4, 0.5) is 0 Å². The van der Waals surface area contributed by atoms with E-state index in [1.165, 1.54) is 13.0 Å². The van der Waals surface area contributed by atoms with Crippen LogP contribution in [0.1, 0.15) is 19.8 Å². The van der Waals surface area contributed by atoms with Gasteiger partial charge in [-0.2, -0.15) is 5.26 Å². The molecule has 0 bridgehead atoms. The summed E-state index contributed by atoms with van der Waals surface area (Å²) in [6.45, 7) is 5.45. The van der Waals surface area contributed by atoms with Crippen molar-refractivity contribution in [3.05, 3.63) is 12.7 Å². The van der Waals surface area contributed by atoms with Crippen LogP contribution in [0, 0.1) is 17.2 Å². The highest BCUT2D eigenvalue weighted by Gasteiger charge is 2.31. The van der Waals surface area contributed by atoms with E-state index in [1.54, 1.807) is 0 Å². The van der Waals surface area contributed by atoms with Crippen LogP contribution < -0.4 is 5.32 Å². The largest absolute Gasteiger partial charge is 0.446 e. The molecule has 3 atom stereocenters. The molecular formula is C12H16N2O3S. The van der Waals surface area contributed by atoms with Gasteiger partial charge in [-0.15, -0.1) is 0 Å². The Morgan fingerprint density at radius 1 is 1.72 bits per heavy atom. The SMILES string of the molecule is C=CC(OC(=O)[C@@H]1CN[C@@H](CC#N)C1)SC(C)=O. The van der Waals surface area contributed by atoms with Gasteiger partial charge < -0.3 is 10.1 Å². The highest BCUT2D eigenvalue weighted by molar-refractivity contribution is 8.14. The summed E-state index contributed by atoms with van der Waals surface area (Å²) in [5, 5.41) is 11.5. The molecule has 18 heavy (non-hydrogen) atoms. The van der Waals surface area contributed by atoms with Gasteiger partial charge in [-0.1, -0.05) is 6.58 Å². The first kappa shape index (κ1) is 14.7. The molecular weight excluding hydrogens is 252 g/mol. The van der Waals surface area contributed by atoms with Gasteiger partial charge in [0, 0.05) is 19.5 Å². The smallest absolute Gasteiger partial charge is 0.311 e. The number of carbonyl (C=O) groups is 2. The third-order valence-electron chi connectivity index (χ3n) is 2.60. The van der Waals surface area contributed by atoms with Gasteiger partial charge in [0.15, 0.2) is 10.6 Å². The fourth-order valence-corrected chi connectivity index (χ4v) is 2.33. The number of hydrogen-bond donors (Lipinski definition) is 1. The molecule has 1 N–H and O–H groups in total. The zero-order valence-corrected chi connectivity index (χ0v) is 11.0. The third-order valence-corrected chi connectivity index (χ3v) is 3.45. The third kappa shape index (κ3) is 4.51. The van der Waals surface area contributed by atoms with Crippen molar-refractivity contribution in [3.8, 4) is 6.07 Å². The van der Waals surface area contributed by atoms with Crippen molar-refractivity contribution >= 4 is 22.8 Å². The van der Waals surface area contributed by atoms with Gasteiger partial charge in [0.2, 0.25) is 0 Å². The number of ether oxygens (including phenoxy) is 1. The van der Waals surface area contributed by atoms with E-state index in [1.807, 2.05) is 0 Å². The van der Waals surface area contributed by atoms with E-state index in [4.69, 9.17) is 10.00 Å². The van der Waals surface area contributed by atoms with Crippen molar-refractivity contribution in [2.45, 2.75) is 31.2 Å². The first-order chi connectivity index (χ1) is 8.56. The van der Waals surface area contributed by atoms with Crippen LogP contribution >= 0.6 is 11.8 Å². The van der Waals surface area contributed by atoms with E-state index in [9.17, 15) is 9.59 Å². The summed E-state index contributed by atoms with van der Waals surface area (Å²) in [5.74, 6) is -0.597. The molecule has 1 fully saturated rings. The Morgan fingerprint density at radius 2 is 2.44 bits per heavy atom. The molecule has 0 aromatic heterocycles. The number of thioether (sulfide) groups is 1. The minimum Gasteiger partial charge on any atom is -0.446 e. The highest BCUT2D eigenvalue weighted by atomic mass is 32.2. The normalized spacial score (nSPS) is 24.0. The zero-order valence-electron chi connectivity index (χ0n) is 10.2. The number of carbonyl (C=O) groups excluding carboxylic acids is 2. The Morgan fingerprint density at radius 3 is 3.00 bits per heavy atom. The number of rotatable bonds is 5. The lowest BCUT2D eigenvalue weighted by molar-refractivity contribution is -0.147. The fraction of sp³-hybridized carbons (Fsp3) is 0.583. The molecule has 0 aliphatic carbocycles. The van der Waals surface area contributed by atoms with E-state index < -0.39 is 5.44 Å². The molecule has 6 heteroatoms. The summed E-state index contributed by atoms with van der Waals surface area (Å²) in [5.41, 5.74) is -0.634. The molecule has 98 valence electrons. The van der Waals surface area contributed by atoms with E-state index in [-0.39, 0.29) is 23.0 Å². The van der Waals surface area contributed by atoms with Crippen molar-refractivity contribution in [2.24, 2.45) is 5.92 Å². The molecule has 1 aliphatic heterocycles. The molecule has 0 amide bonds. The lowest BCUT2D eigenvalue weighted by atomic mass is 10.0. The summed E-state index contributed by atoms with van der Waals surface area (Å²) in [4.78, 5) is 22.8. The average molecular weight is 268 g/mol. The van der Waals surface area contributed by atoms with Gasteiger partial charge in [-0.3, -0.25) is 9.59 Å². The van der Waals surface area contributed by atoms with Gasteiger partial charge in [0.25, 0.3) is 0 Å². The molecule has 1 heterocycles. The predicted octanol–water partition coefficient (Wildman–Crippen LogP) is 1.21. The summed E-state index contributed by atoms with van der Waals surface area (Å²) in [7, 11) is 0. The summed E-state index contributed by atoms with van der Waals surface area (Å²) < 4.78 is 5.18. The Labute approximate surface area is 111 Å². The summed E-state index contributed by atoms with van der Waals surface area (Å²) in [6.07, 6.45) is 2.41. The van der Waals surface area contributed by atoms with Gasteiger partial charge in [0.1, 0.15) is 0 Å². The van der Waals surface area contributed by atoms with Crippen molar-refractivity contribution in [1.82, 2.24) is 5.32 Å². The monoisotopic (exact) mass is 268 g/mol. The lowest BCUT2D eigenvalue weighted by Gasteiger charge is -2.14. The van der Waals surface area contributed by atoms with Gasteiger partial charge >= 0.3 is 5.97 Å². The molecule has 5 nitrogen and oxygen atoms in total. The maximum atomic E-state index is 11.8. The van der Waals surface area contributed by atoms with Gasteiger partial charge in [-0.25, -0.2) is 0 Å². The van der Waals surface area contributed by atoms with E-state index in [0.29, 0.717) is 19.4 Å². The number of hydrogen-bond acceptors (Lipinski definition) is 6. The van der Waals surface area contributed by atoms with Crippen molar-refractivity contribution in [3.63, 3.8) is 0 Å². The molecule has 0 saturated carbocycles. The second-order valence-corrected chi connectivity index (χ2v) is 5.33. The first-order valence-corrected chi connectivity index (χ1v) is 6.55. The zero-order chi connectivity index (χ0) is 13.5. The Kier molecular flexibility index (Phi) is 5.89. The minimum absolute atomic E-state index is 0.0511. The van der Waals surface area contributed by atoms with Crippen LogP contribution in [-0.4, -0.2) is 29.1 Å². The van der Waals surface area contributed by atoms with Crippen LogP contribution in [0.15, 0.2) is 12.7 Å². The van der Waals surface area contributed by atoms with Crippen LogP contribution in [0.2, 0.25) is 0 Å². The molecule has 1 rings (SSSR count). The number of nitrogens with zero attached hydrogens (tertiary/aromatic N) is 1. The standard InChI is InChI=1S/C12H16N2O3S/c1-3-11(18-8(2)15)17-12(16)9-6-10(4-5-13)14-7-9/h3,9-11,14H,1,4,6-7H2,2H3/t9-,10-,11?/m0/s1. The Balaban J connectivity index is 2.43. The highest BCUT2D eigenvalue weighted by Crippen LogP contribution is 2.21. The fourth-order valence-electron chi connectivity index (χ4n) is 1.76. The minimum atomic E-state index is -0.634. The predicted molar refractivity (Wildman–Crippen MR) is 68.5 cm³/mol. The molecule has 1 aliphatic rings. The summed E-state index contributed by atoms with van der Waals surface area (Å²) in [6, 6.07) is 2.12. The van der Waals surface area contributed by atoms with Gasteiger partial charge in [0.05, 0.1) is 18.4 Å². The van der Waals surface area contributed by atoms with Crippen LogP contribution in [0.3, 0.4) is 0 Å². The lowest BCUT2D eigenvalue weighted by Crippen LogP contribution is -2.24. The average Bonchev–Trinajstić information content (AvgIpc) is 2.76. The van der Waals surface area contributed by atoms with Crippen LogP contribution in [0.5, 0.6) is 0 Å². The number of nitrogens with one attached hydrogen (secondary N) is 1. The van der Waals surface area contributed by atoms with Gasteiger partial charge in [-0.05, 0) is 24.3 Å². The molecule has 1 unspecified atom stereocenters. The van der Waals surface area contributed by atoms with Crippen LogP contribution in [-0.2, 0) is 14.3 Å². The van der Waals surface area contributed by atoms with Crippen molar-refractivity contribution in [1.29, 1.82) is 5.26 Å². The second-order valence-electron chi connectivity index (χ2n) is 4.05. The molecule has 1 saturated heterocycles. The van der Waals surface area contributed by atoms with E-state index in [0.717, 1.165) is 11.8 Å². The second kappa shape index (κ2) is 7.19. The summed E-state index contributed by atoms with van der Waals surface area (Å²) >= 11 is 0.925. The Hall–Kier alpha value is -1.32. The van der Waals surface area contributed by atoms with Crippen molar-refractivity contribution < 1.29 is 14.3 Å². The number of nitriles is 1. The van der Waals surface area contributed by atoms with E-state index >= 15 is 0 Å². The quantitative estimate of drug-likeness (QED) is 0.459. The molecule has 0 aromatic rings. The first-order valence-electron chi connectivity index (χ1n) is 5.67. The topological polar surface area (TPSA) is 79.2 Å². The van der Waals surface area contributed by atoms with Crippen LogP contribution in [0.25, 0.3) is 0 Å². The molecule has 0 aromatic carbocycles. The molecule has 0 spiro atoms. The van der Waals surface area contributed by atoms with Crippen molar-refractivity contribution in [2.75, 3.05) is 6.54 Å².